The molecule has 0 radical (unpaired) electrons. The lowest BCUT2D eigenvalue weighted by Crippen LogP contribution is -2.39. The van der Waals surface area contributed by atoms with Crippen LogP contribution in [0.5, 0.6) is 0 Å². The highest BCUT2D eigenvalue weighted by Gasteiger charge is 2.28. The molecule has 0 unspecified atom stereocenters. The maximum absolute atomic E-state index is 13.2. The number of anilines is 2. The van der Waals surface area contributed by atoms with Gasteiger partial charge in [-0.25, -0.2) is 4.79 Å². The molecule has 2 aromatic heterocycles. The van der Waals surface area contributed by atoms with Crippen molar-refractivity contribution in [1.82, 2.24) is 18.7 Å². The monoisotopic (exact) mass is 415 g/mol. The van der Waals surface area contributed by atoms with Gasteiger partial charge in [-0.1, -0.05) is 44.2 Å². The van der Waals surface area contributed by atoms with E-state index in [4.69, 9.17) is 11.6 Å². The Morgan fingerprint density at radius 1 is 1.03 bits per heavy atom. The van der Waals surface area contributed by atoms with Gasteiger partial charge in [0.15, 0.2) is 11.2 Å². The molecular weight excluding hydrogens is 390 g/mol. The molecule has 8 heteroatoms. The fraction of sp³-hybridized carbons (Fsp3) is 0.476. The van der Waals surface area contributed by atoms with Gasteiger partial charge in [-0.15, -0.1) is 0 Å². The number of nitrogens with zero attached hydrogens (tertiary/aromatic N) is 5. The second kappa shape index (κ2) is 8.06. The van der Waals surface area contributed by atoms with E-state index in [1.165, 1.54) is 22.0 Å². The number of aromatic nitrogens is 4. The minimum atomic E-state index is -0.298. The predicted octanol–water partition coefficient (Wildman–Crippen LogP) is 3.67. The molecular formula is C21H26ClN5O2. The number of fused-ring (bicyclic) bond motifs is 3. The lowest BCUT2D eigenvalue weighted by molar-refractivity contribution is 0.531. The van der Waals surface area contributed by atoms with Gasteiger partial charge >= 0.3 is 5.69 Å². The number of aryl methyl sites for hydroxylation is 1. The van der Waals surface area contributed by atoms with E-state index in [2.05, 4.69) is 16.8 Å². The Balaban J connectivity index is 1.73. The zero-order valence-electron chi connectivity index (χ0n) is 16.9. The Labute approximate surface area is 174 Å². The number of benzene rings is 1. The van der Waals surface area contributed by atoms with Crippen molar-refractivity contribution in [3.8, 4) is 0 Å². The molecule has 3 aromatic rings. The molecule has 0 bridgehead atoms. The number of hydrogen-bond acceptors (Lipinski definition) is 4. The topological polar surface area (TPSA) is 65.1 Å². The molecule has 0 atom stereocenters. The van der Waals surface area contributed by atoms with Crippen molar-refractivity contribution >= 4 is 34.4 Å². The molecule has 1 aliphatic rings. The maximum atomic E-state index is 13.2. The third kappa shape index (κ3) is 3.48. The second-order valence-corrected chi connectivity index (χ2v) is 8.01. The van der Waals surface area contributed by atoms with Crippen LogP contribution in [0.4, 0.5) is 11.6 Å². The molecule has 0 spiro atoms. The molecule has 0 N–H and O–H groups in total. The minimum Gasteiger partial charge on any atom is -0.310 e. The predicted molar refractivity (Wildman–Crippen MR) is 116 cm³/mol. The van der Waals surface area contributed by atoms with Crippen molar-refractivity contribution in [3.05, 3.63) is 50.1 Å². The quantitative estimate of drug-likeness (QED) is 0.552. The average Bonchev–Trinajstić information content (AvgIpc) is 3.28. The van der Waals surface area contributed by atoms with Crippen molar-refractivity contribution in [2.45, 2.75) is 52.1 Å². The minimum absolute atomic E-state index is 0.240. The molecule has 0 fully saturated rings. The number of hydrogen-bond donors (Lipinski definition) is 0. The van der Waals surface area contributed by atoms with Crippen LogP contribution < -0.4 is 16.1 Å². The van der Waals surface area contributed by atoms with Gasteiger partial charge in [0, 0.05) is 37.4 Å². The second-order valence-electron chi connectivity index (χ2n) is 7.58. The zero-order chi connectivity index (χ0) is 20.5. The van der Waals surface area contributed by atoms with Gasteiger partial charge < -0.3 is 9.47 Å². The highest BCUT2D eigenvalue weighted by Crippen LogP contribution is 2.32. The van der Waals surface area contributed by atoms with E-state index >= 15 is 0 Å². The van der Waals surface area contributed by atoms with E-state index < -0.39 is 0 Å². The van der Waals surface area contributed by atoms with Gasteiger partial charge in [0.1, 0.15) is 0 Å². The maximum Gasteiger partial charge on any atom is 0.332 e. The van der Waals surface area contributed by atoms with Crippen molar-refractivity contribution in [3.63, 3.8) is 0 Å². The molecule has 0 saturated carbocycles. The van der Waals surface area contributed by atoms with E-state index in [1.54, 1.807) is 7.05 Å². The molecule has 7 nitrogen and oxygen atoms in total. The number of imidazole rings is 1. The number of unbranched alkanes of at least 4 members (excludes halogenated alkanes) is 4. The summed E-state index contributed by atoms with van der Waals surface area (Å²) in [7, 11) is 1.69. The first-order valence-electron chi connectivity index (χ1n) is 10.3. The van der Waals surface area contributed by atoms with Crippen LogP contribution in [0.3, 0.4) is 0 Å². The first kappa shape index (κ1) is 19.8. The molecule has 1 aromatic carbocycles. The number of halogens is 1. The highest BCUT2D eigenvalue weighted by atomic mass is 35.5. The van der Waals surface area contributed by atoms with E-state index in [9.17, 15) is 9.59 Å². The summed E-state index contributed by atoms with van der Waals surface area (Å²) in [6.45, 7) is 3.99. The Kier molecular flexibility index (Phi) is 5.50. The molecule has 1 aliphatic heterocycles. The zero-order valence-corrected chi connectivity index (χ0v) is 17.7. The summed E-state index contributed by atoms with van der Waals surface area (Å²) < 4.78 is 4.79. The van der Waals surface area contributed by atoms with Crippen LogP contribution in [0.1, 0.15) is 39.0 Å². The highest BCUT2D eigenvalue weighted by molar-refractivity contribution is 6.30. The van der Waals surface area contributed by atoms with Crippen LogP contribution in [-0.4, -0.2) is 25.2 Å². The molecule has 0 saturated heterocycles. The summed E-state index contributed by atoms with van der Waals surface area (Å²) >= 11 is 6.01. The Morgan fingerprint density at radius 2 is 1.76 bits per heavy atom. The Bertz CT molecular complexity index is 1140. The van der Waals surface area contributed by atoms with Crippen LogP contribution >= 0.6 is 11.6 Å². The van der Waals surface area contributed by atoms with Crippen molar-refractivity contribution in [1.29, 1.82) is 0 Å². The van der Waals surface area contributed by atoms with Crippen LogP contribution in [0.25, 0.3) is 11.2 Å². The first-order chi connectivity index (χ1) is 14.0. The van der Waals surface area contributed by atoms with Gasteiger partial charge in [-0.05, 0) is 30.7 Å². The third-order valence-corrected chi connectivity index (χ3v) is 5.88. The Hall–Kier alpha value is -2.54. The van der Waals surface area contributed by atoms with E-state index in [0.29, 0.717) is 35.2 Å². The number of rotatable bonds is 7. The molecule has 0 amide bonds. The molecule has 0 aliphatic carbocycles. The third-order valence-electron chi connectivity index (χ3n) is 5.62. The Morgan fingerprint density at radius 3 is 2.48 bits per heavy atom. The largest absolute Gasteiger partial charge is 0.332 e. The van der Waals surface area contributed by atoms with Crippen LogP contribution in [0, 0.1) is 0 Å². The summed E-state index contributed by atoms with van der Waals surface area (Å²) in [5, 5.41) is 0.672. The van der Waals surface area contributed by atoms with Crippen LogP contribution in [0.2, 0.25) is 5.02 Å². The summed E-state index contributed by atoms with van der Waals surface area (Å²) in [6.07, 6.45) is 5.34. The van der Waals surface area contributed by atoms with Crippen molar-refractivity contribution in [2.24, 2.45) is 7.05 Å². The average molecular weight is 416 g/mol. The SMILES string of the molecule is CCCCCCCn1c(=O)c2c(nc3n2CCN3c2ccc(Cl)cc2)n(C)c1=O. The van der Waals surface area contributed by atoms with Gasteiger partial charge in [-0.3, -0.25) is 13.9 Å². The van der Waals surface area contributed by atoms with E-state index in [-0.39, 0.29) is 11.2 Å². The molecule has 29 heavy (non-hydrogen) atoms. The van der Waals surface area contributed by atoms with Crippen molar-refractivity contribution < 1.29 is 0 Å². The van der Waals surface area contributed by atoms with Crippen molar-refractivity contribution in [2.75, 3.05) is 11.4 Å². The first-order valence-corrected chi connectivity index (χ1v) is 10.6. The summed E-state index contributed by atoms with van der Waals surface area (Å²) in [4.78, 5) is 32.7. The normalized spacial score (nSPS) is 13.4. The molecule has 4 rings (SSSR count). The smallest absolute Gasteiger partial charge is 0.310 e. The van der Waals surface area contributed by atoms with Gasteiger partial charge in [0.05, 0.1) is 0 Å². The van der Waals surface area contributed by atoms with Crippen LogP contribution in [0.15, 0.2) is 33.9 Å². The van der Waals surface area contributed by atoms with Gasteiger partial charge in [-0.2, -0.15) is 4.98 Å². The van der Waals surface area contributed by atoms with Crippen LogP contribution in [-0.2, 0) is 20.1 Å². The fourth-order valence-electron chi connectivity index (χ4n) is 4.01. The summed E-state index contributed by atoms with van der Waals surface area (Å²) in [5.74, 6) is 0.690. The standard InChI is InChI=1S/C21H26ClN5O2/c1-3-4-5-6-7-12-27-19(28)17-18(24(2)21(27)29)23-20-25(13-14-26(17)20)16-10-8-15(22)9-11-16/h8-11H,3-7,12-14H2,1-2H3. The fourth-order valence-corrected chi connectivity index (χ4v) is 4.14. The van der Waals surface area contributed by atoms with E-state index in [1.807, 2.05) is 28.8 Å². The van der Waals surface area contributed by atoms with Gasteiger partial charge in [0.2, 0.25) is 5.95 Å². The lowest BCUT2D eigenvalue weighted by atomic mass is 10.1. The van der Waals surface area contributed by atoms with E-state index in [0.717, 1.165) is 31.5 Å². The van der Waals surface area contributed by atoms with Gasteiger partial charge in [0.25, 0.3) is 5.56 Å². The summed E-state index contributed by atoms with van der Waals surface area (Å²) in [5.41, 5.74) is 1.37. The molecule has 3 heterocycles. The summed E-state index contributed by atoms with van der Waals surface area (Å²) in [6, 6.07) is 7.54. The lowest BCUT2D eigenvalue weighted by Gasteiger charge is -2.15. The molecule has 154 valence electrons.